The van der Waals surface area contributed by atoms with E-state index in [1.807, 2.05) is 6.92 Å². The molecule has 28 heavy (non-hydrogen) atoms. The van der Waals surface area contributed by atoms with Gasteiger partial charge >= 0.3 is 0 Å². The van der Waals surface area contributed by atoms with Crippen molar-refractivity contribution in [3.63, 3.8) is 0 Å². The van der Waals surface area contributed by atoms with Crippen molar-refractivity contribution < 1.29 is 14.3 Å². The van der Waals surface area contributed by atoms with Crippen molar-refractivity contribution in [3.8, 4) is 0 Å². The number of carbonyl (C=O) groups excluding carboxylic acids is 1. The topological polar surface area (TPSA) is 86.6 Å². The van der Waals surface area contributed by atoms with Gasteiger partial charge in [0.1, 0.15) is 11.4 Å². The van der Waals surface area contributed by atoms with Crippen molar-refractivity contribution in [1.29, 1.82) is 0 Å². The molecule has 0 radical (unpaired) electrons. The molecule has 1 saturated heterocycles. The van der Waals surface area contributed by atoms with E-state index in [0.717, 1.165) is 5.56 Å². The molecule has 0 unspecified atom stereocenters. The van der Waals surface area contributed by atoms with E-state index < -0.39 is 11.4 Å². The molecule has 3 rings (SSSR count). The number of likely N-dealkylation sites (N-methyl/N-ethyl adjacent to an activating group) is 1. The summed E-state index contributed by atoms with van der Waals surface area (Å²) in [6, 6.07) is 6.09. The van der Waals surface area contributed by atoms with Gasteiger partial charge in [0.15, 0.2) is 0 Å². The van der Waals surface area contributed by atoms with Gasteiger partial charge in [-0.25, -0.2) is 4.39 Å². The smallest absolute Gasteiger partial charge is 0.257 e. The molecule has 1 fully saturated rings. The normalized spacial score (nSPS) is 15.2. The molecular weight excluding hydrogens is 363 g/mol. The standard InChI is InChI=1S/C20H25FN4O3/c1-4-13-5-6-16(15(21)7-13)23-17-8-18(26)24(3)9-14(17)19(27)25-11-20(28,12-25)10-22-2/h5-9,22-23,28H,4,10-12H2,1-3H3. The maximum absolute atomic E-state index is 14.4. The molecule has 0 saturated carbocycles. The van der Waals surface area contributed by atoms with Crippen LogP contribution in [0.15, 0.2) is 35.3 Å². The summed E-state index contributed by atoms with van der Waals surface area (Å²) in [6.45, 7) is 2.69. The molecule has 1 aromatic heterocycles. The highest BCUT2D eigenvalue weighted by atomic mass is 19.1. The molecule has 0 bridgehead atoms. The highest BCUT2D eigenvalue weighted by Crippen LogP contribution is 2.27. The molecule has 1 amide bonds. The van der Waals surface area contributed by atoms with E-state index in [9.17, 15) is 19.1 Å². The number of aryl methyl sites for hydroxylation is 2. The van der Waals surface area contributed by atoms with Gasteiger partial charge in [-0.15, -0.1) is 0 Å². The Morgan fingerprint density at radius 2 is 2.00 bits per heavy atom. The highest BCUT2D eigenvalue weighted by Gasteiger charge is 2.43. The second-order valence-corrected chi connectivity index (χ2v) is 7.26. The van der Waals surface area contributed by atoms with Crippen LogP contribution in [0.2, 0.25) is 0 Å². The SMILES string of the molecule is CCc1ccc(Nc2cc(=O)n(C)cc2C(=O)N2CC(O)(CNC)C2)c(F)c1. The average molecular weight is 388 g/mol. The number of nitrogens with zero attached hydrogens (tertiary/aromatic N) is 2. The Hall–Kier alpha value is -2.71. The van der Waals surface area contributed by atoms with Gasteiger partial charge in [-0.1, -0.05) is 13.0 Å². The van der Waals surface area contributed by atoms with Crippen molar-refractivity contribution in [3.05, 3.63) is 57.8 Å². The van der Waals surface area contributed by atoms with Crippen LogP contribution in [-0.4, -0.2) is 52.8 Å². The number of nitrogens with one attached hydrogen (secondary N) is 2. The van der Waals surface area contributed by atoms with Crippen LogP contribution >= 0.6 is 0 Å². The van der Waals surface area contributed by atoms with E-state index in [-0.39, 0.29) is 41.5 Å². The summed E-state index contributed by atoms with van der Waals surface area (Å²) in [5.74, 6) is -0.782. The van der Waals surface area contributed by atoms with Gasteiger partial charge in [-0.05, 0) is 31.2 Å². The Balaban J connectivity index is 1.89. The van der Waals surface area contributed by atoms with Gasteiger partial charge < -0.3 is 25.2 Å². The maximum Gasteiger partial charge on any atom is 0.257 e. The fourth-order valence-electron chi connectivity index (χ4n) is 3.35. The molecule has 150 valence electrons. The third kappa shape index (κ3) is 3.93. The molecular formula is C20H25FN4O3. The Kier molecular flexibility index (Phi) is 5.53. The first-order valence-corrected chi connectivity index (χ1v) is 9.18. The molecule has 8 heteroatoms. The Labute approximate surface area is 162 Å². The third-order valence-corrected chi connectivity index (χ3v) is 4.93. The number of hydrogen-bond acceptors (Lipinski definition) is 5. The molecule has 2 heterocycles. The van der Waals surface area contributed by atoms with E-state index in [2.05, 4.69) is 10.6 Å². The second-order valence-electron chi connectivity index (χ2n) is 7.26. The first kappa shape index (κ1) is 20.0. The van der Waals surface area contributed by atoms with Crippen LogP contribution in [-0.2, 0) is 13.5 Å². The van der Waals surface area contributed by atoms with Gasteiger partial charge in [-0.2, -0.15) is 0 Å². The van der Waals surface area contributed by atoms with Gasteiger partial charge in [0.25, 0.3) is 11.5 Å². The van der Waals surface area contributed by atoms with Crippen molar-refractivity contribution in [2.24, 2.45) is 7.05 Å². The number of benzene rings is 1. The Morgan fingerprint density at radius 3 is 2.61 bits per heavy atom. The van der Waals surface area contributed by atoms with Crippen LogP contribution in [0.3, 0.4) is 0 Å². The molecule has 0 spiro atoms. The van der Waals surface area contributed by atoms with Crippen molar-refractivity contribution in [2.75, 3.05) is 32.0 Å². The monoisotopic (exact) mass is 388 g/mol. The summed E-state index contributed by atoms with van der Waals surface area (Å²) >= 11 is 0. The molecule has 7 nitrogen and oxygen atoms in total. The van der Waals surface area contributed by atoms with E-state index >= 15 is 0 Å². The summed E-state index contributed by atoms with van der Waals surface area (Å²) in [7, 11) is 3.28. The lowest BCUT2D eigenvalue weighted by Crippen LogP contribution is -2.67. The van der Waals surface area contributed by atoms with Crippen LogP contribution < -0.4 is 16.2 Å². The van der Waals surface area contributed by atoms with Crippen molar-refractivity contribution in [2.45, 2.75) is 18.9 Å². The van der Waals surface area contributed by atoms with Crippen molar-refractivity contribution in [1.82, 2.24) is 14.8 Å². The summed E-state index contributed by atoms with van der Waals surface area (Å²) in [5, 5.41) is 16.1. The first-order valence-electron chi connectivity index (χ1n) is 9.18. The van der Waals surface area contributed by atoms with Crippen LogP contribution in [0.5, 0.6) is 0 Å². The minimum absolute atomic E-state index is 0.189. The van der Waals surface area contributed by atoms with Crippen LogP contribution in [0, 0.1) is 5.82 Å². The lowest BCUT2D eigenvalue weighted by molar-refractivity contribution is -0.0775. The Morgan fingerprint density at radius 1 is 1.29 bits per heavy atom. The molecule has 1 aliphatic heterocycles. The number of anilines is 2. The third-order valence-electron chi connectivity index (χ3n) is 4.93. The number of amides is 1. The molecule has 0 atom stereocenters. The number of halogens is 1. The van der Waals surface area contributed by atoms with Gasteiger partial charge in [0, 0.05) is 25.9 Å². The fourth-order valence-corrected chi connectivity index (χ4v) is 3.35. The van der Waals surface area contributed by atoms with Gasteiger partial charge in [0.2, 0.25) is 0 Å². The number of aliphatic hydroxyl groups is 1. The van der Waals surface area contributed by atoms with Gasteiger partial charge in [-0.3, -0.25) is 9.59 Å². The summed E-state index contributed by atoms with van der Waals surface area (Å²) in [6.07, 6.45) is 2.14. The summed E-state index contributed by atoms with van der Waals surface area (Å²) in [4.78, 5) is 26.5. The number of rotatable bonds is 6. The lowest BCUT2D eigenvalue weighted by atomic mass is 9.93. The minimum Gasteiger partial charge on any atom is -0.385 e. The zero-order chi connectivity index (χ0) is 20.5. The number of aromatic nitrogens is 1. The number of likely N-dealkylation sites (tertiary alicyclic amines) is 1. The molecule has 1 aliphatic rings. The second kappa shape index (κ2) is 7.73. The van der Waals surface area contributed by atoms with Crippen molar-refractivity contribution >= 4 is 17.3 Å². The Bertz CT molecular complexity index is 951. The zero-order valence-electron chi connectivity index (χ0n) is 16.3. The summed E-state index contributed by atoms with van der Waals surface area (Å²) in [5.41, 5.74) is 0.246. The molecule has 0 aliphatic carbocycles. The van der Waals surface area contributed by atoms with Gasteiger partial charge in [0.05, 0.1) is 30.0 Å². The fraction of sp³-hybridized carbons (Fsp3) is 0.400. The molecule has 3 N–H and O–H groups in total. The number of hydrogen-bond donors (Lipinski definition) is 3. The molecule has 1 aromatic carbocycles. The number of β-amino-alcohol motifs (C(OH)–C–C–N with tert-alkyl or cyclic N) is 1. The molecule has 2 aromatic rings. The predicted molar refractivity (Wildman–Crippen MR) is 106 cm³/mol. The van der Waals surface area contributed by atoms with Crippen LogP contribution in [0.25, 0.3) is 0 Å². The van der Waals surface area contributed by atoms with E-state index in [0.29, 0.717) is 13.0 Å². The highest BCUT2D eigenvalue weighted by molar-refractivity contribution is 6.00. The van der Waals surface area contributed by atoms with E-state index in [4.69, 9.17) is 0 Å². The predicted octanol–water partition coefficient (Wildman–Crippen LogP) is 1.24. The largest absolute Gasteiger partial charge is 0.385 e. The number of pyridine rings is 1. The van der Waals surface area contributed by atoms with Crippen LogP contribution in [0.1, 0.15) is 22.8 Å². The quantitative estimate of drug-likeness (QED) is 0.693. The van der Waals surface area contributed by atoms with E-state index in [1.54, 1.807) is 26.2 Å². The van der Waals surface area contributed by atoms with E-state index in [1.165, 1.54) is 27.8 Å². The average Bonchev–Trinajstić information content (AvgIpc) is 2.63. The first-order chi connectivity index (χ1) is 13.3. The number of carbonyl (C=O) groups is 1. The lowest BCUT2D eigenvalue weighted by Gasteiger charge is -2.46. The summed E-state index contributed by atoms with van der Waals surface area (Å²) < 4.78 is 15.7. The zero-order valence-corrected chi connectivity index (χ0v) is 16.3. The van der Waals surface area contributed by atoms with Crippen LogP contribution in [0.4, 0.5) is 15.8 Å². The minimum atomic E-state index is -0.958. The maximum atomic E-state index is 14.4.